The summed E-state index contributed by atoms with van der Waals surface area (Å²) < 4.78 is 5.62. The number of benzene rings is 1. The van der Waals surface area contributed by atoms with Crippen LogP contribution in [0, 0.1) is 5.92 Å². The second kappa shape index (κ2) is 9.40. The highest BCUT2D eigenvalue weighted by Gasteiger charge is 2.26. The van der Waals surface area contributed by atoms with Crippen LogP contribution < -0.4 is 4.74 Å². The van der Waals surface area contributed by atoms with Gasteiger partial charge in [0.2, 0.25) is 0 Å². The maximum absolute atomic E-state index is 11.4. The standard InChI is InChI=1S/C17H26O3/c1-3-4-5-6-8-11-14(2)16(17(18)19)20-15-12-9-7-10-13-15/h7,9-10,12-14,16H,3-6,8,11H2,1-2H3,(H,18,19). The van der Waals surface area contributed by atoms with Crippen LogP contribution in [0.1, 0.15) is 52.4 Å². The molecule has 0 heterocycles. The van der Waals surface area contributed by atoms with Crippen LogP contribution >= 0.6 is 0 Å². The SMILES string of the molecule is CCCCCCCC(C)C(Oc1ccccc1)C(=O)O. The number of ether oxygens (including phenoxy) is 1. The van der Waals surface area contributed by atoms with Gasteiger partial charge in [-0.3, -0.25) is 0 Å². The molecular weight excluding hydrogens is 252 g/mol. The van der Waals surface area contributed by atoms with Gasteiger partial charge in [-0.25, -0.2) is 4.79 Å². The van der Waals surface area contributed by atoms with Crippen LogP contribution in [0.4, 0.5) is 0 Å². The predicted octanol–water partition coefficient (Wildman–Crippen LogP) is 4.52. The lowest BCUT2D eigenvalue weighted by Crippen LogP contribution is -2.33. The molecular formula is C17H26O3. The zero-order chi connectivity index (χ0) is 14.8. The number of aliphatic carboxylic acids is 1. The van der Waals surface area contributed by atoms with Gasteiger partial charge in [0.25, 0.3) is 0 Å². The lowest BCUT2D eigenvalue weighted by Gasteiger charge is -2.21. The Morgan fingerprint density at radius 2 is 1.80 bits per heavy atom. The highest BCUT2D eigenvalue weighted by molar-refractivity contribution is 5.73. The normalized spacial score (nSPS) is 13.7. The quantitative estimate of drug-likeness (QED) is 0.640. The summed E-state index contributed by atoms with van der Waals surface area (Å²) in [6.45, 7) is 4.15. The van der Waals surface area contributed by atoms with Crippen molar-refractivity contribution < 1.29 is 14.6 Å². The number of para-hydroxylation sites is 1. The second-order valence-electron chi connectivity index (χ2n) is 5.37. The molecule has 112 valence electrons. The minimum Gasteiger partial charge on any atom is -0.478 e. The first-order chi connectivity index (χ1) is 9.65. The maximum atomic E-state index is 11.4. The lowest BCUT2D eigenvalue weighted by atomic mass is 9.96. The molecule has 0 saturated heterocycles. The van der Waals surface area contributed by atoms with Crippen molar-refractivity contribution in [1.29, 1.82) is 0 Å². The largest absolute Gasteiger partial charge is 0.478 e. The molecule has 2 atom stereocenters. The van der Waals surface area contributed by atoms with Crippen molar-refractivity contribution in [2.24, 2.45) is 5.92 Å². The van der Waals surface area contributed by atoms with Crippen molar-refractivity contribution in [3.63, 3.8) is 0 Å². The molecule has 0 fully saturated rings. The number of carboxylic acid groups (broad SMARTS) is 1. The Kier molecular flexibility index (Phi) is 7.78. The van der Waals surface area contributed by atoms with Crippen LogP contribution in [0.2, 0.25) is 0 Å². The Bertz CT molecular complexity index is 375. The summed E-state index contributed by atoms with van der Waals surface area (Å²) in [5.74, 6) is -0.234. The summed E-state index contributed by atoms with van der Waals surface area (Å²) in [4.78, 5) is 11.4. The van der Waals surface area contributed by atoms with Crippen LogP contribution in [0.5, 0.6) is 5.75 Å². The smallest absolute Gasteiger partial charge is 0.345 e. The van der Waals surface area contributed by atoms with Gasteiger partial charge in [-0.2, -0.15) is 0 Å². The fraction of sp³-hybridized carbons (Fsp3) is 0.588. The zero-order valence-electron chi connectivity index (χ0n) is 12.5. The van der Waals surface area contributed by atoms with E-state index in [0.717, 1.165) is 12.8 Å². The summed E-state index contributed by atoms with van der Waals surface area (Å²) in [5.41, 5.74) is 0. The van der Waals surface area contributed by atoms with Gasteiger partial charge in [0.05, 0.1) is 0 Å². The molecule has 1 aromatic rings. The van der Waals surface area contributed by atoms with Gasteiger partial charge in [-0.05, 0) is 18.6 Å². The first-order valence-corrected chi connectivity index (χ1v) is 7.59. The van der Waals surface area contributed by atoms with E-state index in [9.17, 15) is 9.90 Å². The highest BCUT2D eigenvalue weighted by atomic mass is 16.5. The lowest BCUT2D eigenvalue weighted by molar-refractivity contribution is -0.147. The Morgan fingerprint density at radius 1 is 1.15 bits per heavy atom. The molecule has 0 spiro atoms. The summed E-state index contributed by atoms with van der Waals surface area (Å²) in [6.07, 6.45) is 6.11. The molecule has 3 nitrogen and oxygen atoms in total. The molecule has 0 saturated carbocycles. The van der Waals surface area contributed by atoms with Crippen LogP contribution in [0.25, 0.3) is 0 Å². The molecule has 2 unspecified atom stereocenters. The monoisotopic (exact) mass is 278 g/mol. The van der Waals surface area contributed by atoms with Crippen molar-refractivity contribution in [3.05, 3.63) is 30.3 Å². The van der Waals surface area contributed by atoms with E-state index in [4.69, 9.17) is 4.74 Å². The van der Waals surface area contributed by atoms with Gasteiger partial charge < -0.3 is 9.84 Å². The predicted molar refractivity (Wildman–Crippen MR) is 81.0 cm³/mol. The number of rotatable bonds is 10. The number of carboxylic acids is 1. The number of carbonyl (C=O) groups is 1. The number of hydrogen-bond acceptors (Lipinski definition) is 2. The Labute approximate surface area is 122 Å². The third kappa shape index (κ3) is 6.09. The maximum Gasteiger partial charge on any atom is 0.345 e. The molecule has 3 heteroatoms. The van der Waals surface area contributed by atoms with E-state index in [1.165, 1.54) is 25.7 Å². The van der Waals surface area contributed by atoms with E-state index in [1.54, 1.807) is 12.1 Å². The van der Waals surface area contributed by atoms with Crippen molar-refractivity contribution >= 4 is 5.97 Å². The van der Waals surface area contributed by atoms with Gasteiger partial charge in [0.15, 0.2) is 6.10 Å². The van der Waals surface area contributed by atoms with E-state index in [-0.39, 0.29) is 5.92 Å². The third-order valence-corrected chi connectivity index (χ3v) is 3.53. The molecule has 1 N–H and O–H groups in total. The van der Waals surface area contributed by atoms with Crippen LogP contribution in [-0.2, 0) is 4.79 Å². The van der Waals surface area contributed by atoms with Gasteiger partial charge in [0, 0.05) is 5.92 Å². The average molecular weight is 278 g/mol. The molecule has 0 aromatic heterocycles. The molecule has 1 rings (SSSR count). The first kappa shape index (κ1) is 16.5. The minimum atomic E-state index is -0.880. The molecule has 0 aliphatic heterocycles. The van der Waals surface area contributed by atoms with E-state index in [0.29, 0.717) is 5.75 Å². The van der Waals surface area contributed by atoms with Gasteiger partial charge in [-0.1, -0.05) is 64.2 Å². The Morgan fingerprint density at radius 3 is 2.40 bits per heavy atom. The average Bonchev–Trinajstić information content (AvgIpc) is 2.45. The molecule has 0 aliphatic rings. The molecule has 0 radical (unpaired) electrons. The number of hydrogen-bond donors (Lipinski definition) is 1. The molecule has 1 aromatic carbocycles. The van der Waals surface area contributed by atoms with Crippen LogP contribution in [-0.4, -0.2) is 17.2 Å². The fourth-order valence-corrected chi connectivity index (χ4v) is 2.28. The topological polar surface area (TPSA) is 46.5 Å². The highest BCUT2D eigenvalue weighted by Crippen LogP contribution is 2.20. The van der Waals surface area contributed by atoms with Gasteiger partial charge >= 0.3 is 5.97 Å². The molecule has 0 aliphatic carbocycles. The summed E-state index contributed by atoms with van der Waals surface area (Å²) in [5, 5.41) is 9.32. The Hall–Kier alpha value is -1.51. The summed E-state index contributed by atoms with van der Waals surface area (Å²) in [6, 6.07) is 9.18. The summed E-state index contributed by atoms with van der Waals surface area (Å²) in [7, 11) is 0. The number of unbranched alkanes of at least 4 members (excludes halogenated alkanes) is 4. The van der Waals surface area contributed by atoms with Crippen molar-refractivity contribution in [1.82, 2.24) is 0 Å². The zero-order valence-corrected chi connectivity index (χ0v) is 12.5. The molecule has 0 amide bonds. The van der Waals surface area contributed by atoms with E-state index in [2.05, 4.69) is 6.92 Å². The minimum absolute atomic E-state index is 0.0225. The second-order valence-corrected chi connectivity index (χ2v) is 5.37. The molecule has 0 bridgehead atoms. The Balaban J connectivity index is 2.43. The van der Waals surface area contributed by atoms with Gasteiger partial charge in [-0.15, -0.1) is 0 Å². The first-order valence-electron chi connectivity index (χ1n) is 7.59. The van der Waals surface area contributed by atoms with Crippen LogP contribution in [0.3, 0.4) is 0 Å². The third-order valence-electron chi connectivity index (χ3n) is 3.53. The van der Waals surface area contributed by atoms with Crippen molar-refractivity contribution in [2.45, 2.75) is 58.5 Å². The van der Waals surface area contributed by atoms with E-state index in [1.807, 2.05) is 25.1 Å². The van der Waals surface area contributed by atoms with Crippen LogP contribution in [0.15, 0.2) is 30.3 Å². The summed E-state index contributed by atoms with van der Waals surface area (Å²) >= 11 is 0. The molecule has 20 heavy (non-hydrogen) atoms. The van der Waals surface area contributed by atoms with E-state index >= 15 is 0 Å². The van der Waals surface area contributed by atoms with Crippen molar-refractivity contribution in [2.75, 3.05) is 0 Å². The van der Waals surface area contributed by atoms with Crippen molar-refractivity contribution in [3.8, 4) is 5.75 Å². The fourth-order valence-electron chi connectivity index (χ4n) is 2.28. The van der Waals surface area contributed by atoms with E-state index < -0.39 is 12.1 Å². The van der Waals surface area contributed by atoms with Gasteiger partial charge in [0.1, 0.15) is 5.75 Å².